The quantitative estimate of drug-likeness (QED) is 0.800. The van der Waals surface area contributed by atoms with Crippen molar-refractivity contribution in [1.82, 2.24) is 5.32 Å². The van der Waals surface area contributed by atoms with Crippen LogP contribution in [0.25, 0.3) is 0 Å². The normalized spacial score (nSPS) is 13.4. The van der Waals surface area contributed by atoms with Gasteiger partial charge >= 0.3 is 0 Å². The van der Waals surface area contributed by atoms with E-state index in [1.54, 1.807) is 32.2 Å². The van der Waals surface area contributed by atoms with E-state index in [2.05, 4.69) is 5.32 Å². The van der Waals surface area contributed by atoms with Gasteiger partial charge in [-0.3, -0.25) is 4.79 Å². The van der Waals surface area contributed by atoms with Gasteiger partial charge in [-0.1, -0.05) is 6.92 Å². The molecule has 0 saturated heterocycles. The highest BCUT2D eigenvalue weighted by atomic mass is 16.5. The molecule has 20 heavy (non-hydrogen) atoms. The van der Waals surface area contributed by atoms with Crippen LogP contribution in [0, 0.1) is 0 Å². The summed E-state index contributed by atoms with van der Waals surface area (Å²) >= 11 is 0. The molecule has 5 nitrogen and oxygen atoms in total. The smallest absolute Gasteiger partial charge is 0.260 e. The number of rotatable bonds is 7. The van der Waals surface area contributed by atoms with E-state index in [-0.39, 0.29) is 18.6 Å². The fourth-order valence-electron chi connectivity index (χ4n) is 1.63. The summed E-state index contributed by atoms with van der Waals surface area (Å²) in [7, 11) is 1.55. The molecule has 1 rings (SSSR count). The highest BCUT2D eigenvalue weighted by Crippen LogP contribution is 2.25. The maximum absolute atomic E-state index is 11.9. The molecule has 112 valence electrons. The van der Waals surface area contributed by atoms with E-state index in [1.807, 2.05) is 13.8 Å². The minimum absolute atomic E-state index is 0.113. The van der Waals surface area contributed by atoms with Crippen LogP contribution < -0.4 is 14.8 Å². The fraction of sp³-hybridized carbons (Fsp3) is 0.533. The number of hydrogen-bond donors (Lipinski definition) is 2. The third-order valence-corrected chi connectivity index (χ3v) is 3.11. The number of hydrogen-bond acceptors (Lipinski definition) is 4. The molecule has 1 aromatic carbocycles. The van der Waals surface area contributed by atoms with Crippen LogP contribution in [-0.4, -0.2) is 30.3 Å². The second-order valence-corrected chi connectivity index (χ2v) is 4.71. The van der Waals surface area contributed by atoms with Gasteiger partial charge < -0.3 is 19.9 Å². The molecule has 2 unspecified atom stereocenters. The molecule has 2 N–H and O–H groups in total. The lowest BCUT2D eigenvalue weighted by molar-refractivity contribution is -0.127. The lowest BCUT2D eigenvalue weighted by atomic mass is 10.2. The Morgan fingerprint density at radius 2 is 2.10 bits per heavy atom. The van der Waals surface area contributed by atoms with Crippen molar-refractivity contribution in [3.63, 3.8) is 0 Å². The van der Waals surface area contributed by atoms with Crippen LogP contribution in [0.4, 0.5) is 0 Å². The van der Waals surface area contributed by atoms with Crippen LogP contribution in [0.3, 0.4) is 0 Å². The lowest BCUT2D eigenvalue weighted by Crippen LogP contribution is -2.41. The van der Waals surface area contributed by atoms with Gasteiger partial charge in [0.25, 0.3) is 5.91 Å². The minimum Gasteiger partial charge on any atom is -0.497 e. The summed E-state index contributed by atoms with van der Waals surface area (Å²) in [6.07, 6.45) is 0.241. The van der Waals surface area contributed by atoms with Gasteiger partial charge in [0.15, 0.2) is 6.10 Å². The molecule has 0 radical (unpaired) electrons. The Labute approximate surface area is 119 Å². The van der Waals surface area contributed by atoms with Crippen LogP contribution in [-0.2, 0) is 11.4 Å². The van der Waals surface area contributed by atoms with Crippen molar-refractivity contribution in [2.45, 2.75) is 45.9 Å². The predicted molar refractivity (Wildman–Crippen MR) is 76.9 cm³/mol. The molecule has 0 aromatic heterocycles. The molecule has 0 fully saturated rings. The monoisotopic (exact) mass is 281 g/mol. The Morgan fingerprint density at radius 1 is 1.40 bits per heavy atom. The number of amides is 1. The van der Waals surface area contributed by atoms with Gasteiger partial charge in [-0.25, -0.2) is 0 Å². The zero-order valence-electron chi connectivity index (χ0n) is 12.5. The molecule has 0 aliphatic rings. The van der Waals surface area contributed by atoms with E-state index >= 15 is 0 Å². The number of ether oxygens (including phenoxy) is 2. The van der Waals surface area contributed by atoms with Crippen molar-refractivity contribution in [3.05, 3.63) is 23.8 Å². The van der Waals surface area contributed by atoms with Gasteiger partial charge in [0.2, 0.25) is 0 Å². The molecule has 0 heterocycles. The zero-order valence-corrected chi connectivity index (χ0v) is 12.5. The summed E-state index contributed by atoms with van der Waals surface area (Å²) in [5.41, 5.74) is 0.590. The highest BCUT2D eigenvalue weighted by Gasteiger charge is 2.17. The van der Waals surface area contributed by atoms with Crippen molar-refractivity contribution in [2.75, 3.05) is 7.11 Å². The van der Waals surface area contributed by atoms with Crippen LogP contribution >= 0.6 is 0 Å². The molecule has 0 aliphatic carbocycles. The zero-order chi connectivity index (χ0) is 15.1. The molecule has 1 aromatic rings. The first kappa shape index (κ1) is 16.3. The van der Waals surface area contributed by atoms with Crippen LogP contribution in [0.15, 0.2) is 18.2 Å². The molecule has 2 atom stereocenters. The number of methoxy groups -OCH3 is 1. The number of carbonyl (C=O) groups is 1. The molecule has 0 aliphatic heterocycles. The van der Waals surface area contributed by atoms with Crippen LogP contribution in [0.2, 0.25) is 0 Å². The summed E-state index contributed by atoms with van der Waals surface area (Å²) in [6, 6.07) is 5.22. The number of aliphatic hydroxyl groups is 1. The van der Waals surface area contributed by atoms with E-state index in [9.17, 15) is 9.90 Å². The summed E-state index contributed by atoms with van der Waals surface area (Å²) in [6.45, 7) is 5.45. The standard InChI is InChI=1S/C15H23NO4/c1-5-10(2)16-15(18)11(3)20-14-7-6-13(19-4)8-12(14)9-17/h6-8,10-11,17H,5,9H2,1-4H3,(H,16,18). The summed E-state index contributed by atoms with van der Waals surface area (Å²) in [4.78, 5) is 11.9. The van der Waals surface area contributed by atoms with Gasteiger partial charge in [0.1, 0.15) is 11.5 Å². The molecule has 1 amide bonds. The lowest BCUT2D eigenvalue weighted by Gasteiger charge is -2.19. The van der Waals surface area contributed by atoms with Crippen molar-refractivity contribution in [2.24, 2.45) is 0 Å². The third kappa shape index (κ3) is 4.42. The van der Waals surface area contributed by atoms with Crippen molar-refractivity contribution < 1.29 is 19.4 Å². The highest BCUT2D eigenvalue weighted by molar-refractivity contribution is 5.81. The van der Waals surface area contributed by atoms with E-state index in [0.717, 1.165) is 6.42 Å². The second-order valence-electron chi connectivity index (χ2n) is 4.71. The Bertz CT molecular complexity index is 447. The first-order valence-corrected chi connectivity index (χ1v) is 6.76. The van der Waals surface area contributed by atoms with Crippen LogP contribution in [0.5, 0.6) is 11.5 Å². The Kier molecular flexibility index (Phi) is 6.31. The van der Waals surface area contributed by atoms with Gasteiger partial charge in [-0.2, -0.15) is 0 Å². The number of nitrogens with one attached hydrogen (secondary N) is 1. The van der Waals surface area contributed by atoms with Crippen molar-refractivity contribution >= 4 is 5.91 Å². The number of carbonyl (C=O) groups excluding carboxylic acids is 1. The molecular weight excluding hydrogens is 258 g/mol. The summed E-state index contributed by atoms with van der Waals surface area (Å²) < 4.78 is 10.7. The first-order valence-electron chi connectivity index (χ1n) is 6.76. The van der Waals surface area contributed by atoms with E-state index < -0.39 is 6.10 Å². The molecule has 0 bridgehead atoms. The molecule has 0 saturated carbocycles. The molecule has 5 heteroatoms. The third-order valence-electron chi connectivity index (χ3n) is 3.11. The number of benzene rings is 1. The van der Waals surface area contributed by atoms with E-state index in [0.29, 0.717) is 17.1 Å². The molecule has 0 spiro atoms. The fourth-order valence-corrected chi connectivity index (χ4v) is 1.63. The van der Waals surface area contributed by atoms with Gasteiger partial charge in [0, 0.05) is 11.6 Å². The average Bonchev–Trinajstić information content (AvgIpc) is 2.47. The maximum Gasteiger partial charge on any atom is 0.260 e. The minimum atomic E-state index is -0.623. The maximum atomic E-state index is 11.9. The van der Waals surface area contributed by atoms with Crippen LogP contribution in [0.1, 0.15) is 32.8 Å². The van der Waals surface area contributed by atoms with E-state index in [1.165, 1.54) is 0 Å². The second kappa shape index (κ2) is 7.75. The number of aliphatic hydroxyl groups excluding tert-OH is 1. The first-order chi connectivity index (χ1) is 9.51. The largest absolute Gasteiger partial charge is 0.497 e. The van der Waals surface area contributed by atoms with Gasteiger partial charge in [-0.15, -0.1) is 0 Å². The molecular formula is C15H23NO4. The van der Waals surface area contributed by atoms with Gasteiger partial charge in [-0.05, 0) is 38.5 Å². The summed E-state index contributed by atoms with van der Waals surface area (Å²) in [5, 5.41) is 12.2. The summed E-state index contributed by atoms with van der Waals surface area (Å²) in [5.74, 6) is 0.956. The predicted octanol–water partition coefficient (Wildman–Crippen LogP) is 1.87. The average molecular weight is 281 g/mol. The Morgan fingerprint density at radius 3 is 2.65 bits per heavy atom. The van der Waals surface area contributed by atoms with Crippen molar-refractivity contribution in [3.8, 4) is 11.5 Å². The Hall–Kier alpha value is -1.75. The van der Waals surface area contributed by atoms with Crippen molar-refractivity contribution in [1.29, 1.82) is 0 Å². The topological polar surface area (TPSA) is 67.8 Å². The van der Waals surface area contributed by atoms with E-state index in [4.69, 9.17) is 9.47 Å². The van der Waals surface area contributed by atoms with Gasteiger partial charge in [0.05, 0.1) is 13.7 Å². The SMILES string of the molecule is CCC(C)NC(=O)C(C)Oc1ccc(OC)cc1CO. The Balaban J connectivity index is 2.74.